The van der Waals surface area contributed by atoms with Gasteiger partial charge in [-0.2, -0.15) is 0 Å². The fraction of sp³-hybridized carbons (Fsp3) is 0.500. The van der Waals surface area contributed by atoms with Gasteiger partial charge in [-0.3, -0.25) is 4.52 Å². The number of aryl methyl sites for hydroxylation is 2. The van der Waals surface area contributed by atoms with E-state index in [1.165, 1.54) is 0 Å². The van der Waals surface area contributed by atoms with E-state index in [4.69, 9.17) is 18.9 Å². The predicted octanol–water partition coefficient (Wildman–Crippen LogP) is 5.63. The molecule has 0 aliphatic carbocycles. The van der Waals surface area contributed by atoms with E-state index in [0.29, 0.717) is 12.3 Å². The van der Waals surface area contributed by atoms with Crippen LogP contribution < -0.4 is 9.47 Å². The molecule has 33 heavy (non-hydrogen) atoms. The van der Waals surface area contributed by atoms with Crippen LogP contribution in [0.2, 0.25) is 0 Å². The summed E-state index contributed by atoms with van der Waals surface area (Å²) in [7, 11) is 0.438. The van der Waals surface area contributed by atoms with E-state index in [0.717, 1.165) is 29.7 Å². The third-order valence-corrected chi connectivity index (χ3v) is 5.46. The van der Waals surface area contributed by atoms with Gasteiger partial charge in [0, 0.05) is 6.54 Å². The van der Waals surface area contributed by atoms with E-state index in [-0.39, 0.29) is 6.61 Å². The molecule has 0 bridgehead atoms. The van der Waals surface area contributed by atoms with Crippen molar-refractivity contribution >= 4 is 7.91 Å². The topological polar surface area (TPSA) is 66.5 Å². The maximum atomic E-state index is 14.1. The highest BCUT2D eigenvalue weighted by molar-refractivity contribution is 7.47. The van der Waals surface area contributed by atoms with E-state index >= 15 is 0 Å². The van der Waals surface area contributed by atoms with Crippen LogP contribution in [0, 0.1) is 0 Å². The molecule has 0 fully saturated rings. The number of para-hydroxylation sites is 1. The van der Waals surface area contributed by atoms with Crippen LogP contribution in [0.5, 0.6) is 11.5 Å². The fourth-order valence-electron chi connectivity index (χ4n) is 3.11. The molecule has 184 valence electrons. The Labute approximate surface area is 196 Å². The third kappa shape index (κ3) is 10.7. The van der Waals surface area contributed by atoms with Crippen molar-refractivity contribution in [3.05, 3.63) is 59.7 Å². The molecule has 0 radical (unpaired) electrons. The molecule has 9 heteroatoms. The number of nitrogens with zero attached hydrogens (tertiary/aromatic N) is 1. The monoisotopic (exact) mass is 483 g/mol. The van der Waals surface area contributed by atoms with Crippen molar-refractivity contribution in [1.82, 2.24) is 4.90 Å². The molecule has 2 rings (SSSR count). The first-order valence-electron chi connectivity index (χ1n) is 10.8. The molecule has 0 heterocycles. The number of methoxy groups -OCH3 is 1. The molecule has 0 aromatic heterocycles. The Bertz CT molecular complexity index is 918. The summed E-state index contributed by atoms with van der Waals surface area (Å²) in [4.78, 5) is 6.97. The first kappa shape index (κ1) is 27.3. The number of hydrogen-bond donors (Lipinski definition) is 0. The lowest BCUT2D eigenvalue weighted by molar-refractivity contribution is -0.266. The minimum atomic E-state index is -4.87. The number of halogens is 1. The van der Waals surface area contributed by atoms with Crippen molar-refractivity contribution in [2.24, 2.45) is 0 Å². The molecule has 0 aliphatic heterocycles. The number of ether oxygens (including phenoxy) is 2. The van der Waals surface area contributed by atoms with E-state index in [2.05, 4.69) is 10.7 Å². The normalized spacial score (nSPS) is 14.7. The first-order chi connectivity index (χ1) is 15.5. The Kier molecular flexibility index (Phi) is 10.3. The van der Waals surface area contributed by atoms with Crippen LogP contribution >= 0.6 is 7.91 Å². The van der Waals surface area contributed by atoms with E-state index in [9.17, 15) is 8.76 Å². The molecule has 7 nitrogen and oxygen atoms in total. The molecular weight excluding hydrogens is 448 g/mol. The second-order valence-electron chi connectivity index (χ2n) is 8.96. The van der Waals surface area contributed by atoms with Gasteiger partial charge in [0.25, 0.3) is 0 Å². The number of likely N-dealkylation sites (N-methyl/N-ethyl adjacent to an activating group) is 1. The lowest BCUT2D eigenvalue weighted by atomic mass is 10.0. The lowest BCUT2D eigenvalue weighted by Crippen LogP contribution is -2.33. The molecule has 2 aromatic carbocycles. The SMILES string of the molecule is COc1cccc(CCc2ccccc2OCC(CN(C)C)OO[P@@](=O)(F)OC(C)(C)C)c1. The largest absolute Gasteiger partial charge is 0.540 e. The van der Waals surface area contributed by atoms with Crippen LogP contribution in [0.15, 0.2) is 48.5 Å². The summed E-state index contributed by atoms with van der Waals surface area (Å²) < 4.78 is 46.7. The second-order valence-corrected chi connectivity index (χ2v) is 10.2. The van der Waals surface area contributed by atoms with Gasteiger partial charge in [-0.1, -0.05) is 30.3 Å². The summed E-state index contributed by atoms with van der Waals surface area (Å²) in [5.74, 6) is 1.52. The van der Waals surface area contributed by atoms with Gasteiger partial charge in [-0.25, -0.2) is 9.45 Å². The third-order valence-electron chi connectivity index (χ3n) is 4.43. The van der Waals surface area contributed by atoms with Crippen LogP contribution in [0.25, 0.3) is 0 Å². The fourth-order valence-corrected chi connectivity index (χ4v) is 4.02. The van der Waals surface area contributed by atoms with Crippen LogP contribution in [0.4, 0.5) is 4.20 Å². The van der Waals surface area contributed by atoms with Gasteiger partial charge in [-0.05, 0) is 77.0 Å². The smallest absolute Gasteiger partial charge is 0.497 e. The van der Waals surface area contributed by atoms with E-state index in [1.807, 2.05) is 61.5 Å². The molecule has 0 amide bonds. The number of benzene rings is 2. The molecule has 2 aromatic rings. The Morgan fingerprint density at radius 3 is 2.45 bits per heavy atom. The van der Waals surface area contributed by atoms with Crippen LogP contribution in [0.1, 0.15) is 31.9 Å². The average Bonchev–Trinajstić information content (AvgIpc) is 2.73. The zero-order valence-electron chi connectivity index (χ0n) is 20.2. The van der Waals surface area contributed by atoms with Gasteiger partial charge in [-0.15, -0.1) is 8.87 Å². The summed E-state index contributed by atoms with van der Waals surface area (Å²) >= 11 is 0. The van der Waals surface area contributed by atoms with Crippen LogP contribution in [0.3, 0.4) is 0 Å². The number of rotatable bonds is 13. The Hall–Kier alpha value is -1.96. The summed E-state index contributed by atoms with van der Waals surface area (Å²) in [6.07, 6.45) is 0.880. The molecule has 0 spiro atoms. The Balaban J connectivity index is 2.00. The predicted molar refractivity (Wildman–Crippen MR) is 126 cm³/mol. The van der Waals surface area contributed by atoms with Crippen LogP contribution in [-0.4, -0.2) is 51.0 Å². The van der Waals surface area contributed by atoms with Crippen molar-refractivity contribution in [2.45, 2.75) is 45.3 Å². The summed E-state index contributed by atoms with van der Waals surface area (Å²) in [5, 5.41) is 0. The van der Waals surface area contributed by atoms with Crippen molar-refractivity contribution in [3.8, 4) is 11.5 Å². The molecule has 1 unspecified atom stereocenters. The van der Waals surface area contributed by atoms with Gasteiger partial charge >= 0.3 is 7.91 Å². The maximum Gasteiger partial charge on any atom is 0.540 e. The number of hydrogen-bond acceptors (Lipinski definition) is 7. The zero-order chi connectivity index (χ0) is 24.5. The average molecular weight is 484 g/mol. The van der Waals surface area contributed by atoms with Gasteiger partial charge in [0.05, 0.1) is 12.7 Å². The molecular formula is C24H35FNO6P. The maximum absolute atomic E-state index is 14.1. The molecule has 0 aliphatic rings. The highest BCUT2D eigenvalue weighted by Gasteiger charge is 2.34. The molecule has 0 saturated heterocycles. The Morgan fingerprint density at radius 1 is 1.06 bits per heavy atom. The summed E-state index contributed by atoms with van der Waals surface area (Å²) in [6, 6.07) is 15.7. The van der Waals surface area contributed by atoms with Gasteiger partial charge in [0.15, 0.2) is 0 Å². The molecule has 0 saturated carbocycles. The quantitative estimate of drug-likeness (QED) is 0.208. The van der Waals surface area contributed by atoms with Crippen molar-refractivity contribution in [2.75, 3.05) is 34.4 Å². The molecule has 0 N–H and O–H groups in total. The highest BCUT2D eigenvalue weighted by atomic mass is 31.2. The highest BCUT2D eigenvalue weighted by Crippen LogP contribution is 2.53. The van der Waals surface area contributed by atoms with Crippen molar-refractivity contribution < 1.29 is 32.3 Å². The Morgan fingerprint density at radius 2 is 1.79 bits per heavy atom. The van der Waals surface area contributed by atoms with Gasteiger partial charge in [0.2, 0.25) is 0 Å². The van der Waals surface area contributed by atoms with Crippen LogP contribution in [-0.2, 0) is 31.5 Å². The molecule has 2 atom stereocenters. The lowest BCUT2D eigenvalue weighted by Gasteiger charge is -2.24. The van der Waals surface area contributed by atoms with E-state index in [1.54, 1.807) is 27.9 Å². The summed E-state index contributed by atoms with van der Waals surface area (Å²) in [5.41, 5.74) is 1.20. The first-order valence-corrected chi connectivity index (χ1v) is 12.2. The van der Waals surface area contributed by atoms with Crippen molar-refractivity contribution in [3.63, 3.8) is 0 Å². The minimum absolute atomic E-state index is 0.0733. The minimum Gasteiger partial charge on any atom is -0.497 e. The summed E-state index contributed by atoms with van der Waals surface area (Å²) in [6.45, 7) is 5.16. The zero-order valence-corrected chi connectivity index (χ0v) is 21.1. The van der Waals surface area contributed by atoms with E-state index < -0.39 is 19.6 Å². The van der Waals surface area contributed by atoms with Crippen molar-refractivity contribution in [1.29, 1.82) is 0 Å². The van der Waals surface area contributed by atoms with Gasteiger partial charge in [0.1, 0.15) is 24.2 Å². The second kappa shape index (κ2) is 12.5. The standard InChI is InChI=1S/C24H35FNO6P/c1-24(2,3)31-33(25,27)32-30-22(17-26(4)5)18-29-23-13-8-7-11-20(23)15-14-19-10-9-12-21(16-19)28-6/h7-13,16,22H,14-15,17-18H2,1-6H3/t22?,33-/m1/s1. The van der Waals surface area contributed by atoms with Gasteiger partial charge < -0.3 is 14.4 Å².